The van der Waals surface area contributed by atoms with Crippen LogP contribution < -0.4 is 5.32 Å². The summed E-state index contributed by atoms with van der Waals surface area (Å²) in [7, 11) is 0. The molecule has 2 fully saturated rings. The molecule has 0 aromatic carbocycles. The van der Waals surface area contributed by atoms with Crippen LogP contribution in [-0.2, 0) is 9.53 Å². The number of hydrogen-bond donors (Lipinski definition) is 1. The minimum Gasteiger partial charge on any atom is -0.466 e. The van der Waals surface area contributed by atoms with Gasteiger partial charge < -0.3 is 10.1 Å². The molecule has 1 aliphatic carbocycles. The SMILES string of the molecule is O=C(CC1CSCCN1)OCCC1CCC1. The number of hydrogen-bond acceptors (Lipinski definition) is 4. The maximum atomic E-state index is 11.5. The molecule has 1 N–H and O–H groups in total. The lowest BCUT2D eigenvalue weighted by atomic mass is 9.83. The summed E-state index contributed by atoms with van der Waals surface area (Å²) < 4.78 is 5.26. The fourth-order valence-electron chi connectivity index (χ4n) is 2.13. The van der Waals surface area contributed by atoms with Crippen LogP contribution in [0.15, 0.2) is 0 Å². The lowest BCUT2D eigenvalue weighted by Crippen LogP contribution is -2.39. The van der Waals surface area contributed by atoms with Crippen LogP contribution in [0.3, 0.4) is 0 Å². The van der Waals surface area contributed by atoms with Gasteiger partial charge in [-0.25, -0.2) is 0 Å². The number of esters is 1. The first kappa shape index (κ1) is 12.2. The van der Waals surface area contributed by atoms with Crippen LogP contribution in [0.4, 0.5) is 0 Å². The monoisotopic (exact) mass is 243 g/mol. The minimum absolute atomic E-state index is 0.0284. The van der Waals surface area contributed by atoms with Crippen LogP contribution in [0.5, 0.6) is 0 Å². The van der Waals surface area contributed by atoms with Crippen LogP contribution in [0, 0.1) is 5.92 Å². The normalized spacial score (nSPS) is 26.1. The summed E-state index contributed by atoms with van der Waals surface area (Å²) >= 11 is 1.92. The van der Waals surface area contributed by atoms with Gasteiger partial charge in [-0.3, -0.25) is 4.79 Å². The van der Waals surface area contributed by atoms with Gasteiger partial charge in [0.2, 0.25) is 0 Å². The molecule has 0 aromatic rings. The Bertz CT molecular complexity index is 225. The van der Waals surface area contributed by atoms with E-state index in [0.29, 0.717) is 19.1 Å². The molecule has 1 heterocycles. The number of rotatable bonds is 5. The van der Waals surface area contributed by atoms with E-state index in [-0.39, 0.29) is 5.97 Å². The quantitative estimate of drug-likeness (QED) is 0.748. The highest BCUT2D eigenvalue weighted by molar-refractivity contribution is 7.99. The van der Waals surface area contributed by atoms with Crippen LogP contribution in [-0.4, -0.2) is 36.7 Å². The van der Waals surface area contributed by atoms with E-state index in [4.69, 9.17) is 4.74 Å². The van der Waals surface area contributed by atoms with E-state index in [1.54, 1.807) is 0 Å². The Balaban J connectivity index is 1.52. The Morgan fingerprint density at radius 2 is 2.31 bits per heavy atom. The van der Waals surface area contributed by atoms with Gasteiger partial charge >= 0.3 is 5.97 Å². The zero-order chi connectivity index (χ0) is 11.2. The third-order valence-corrected chi connectivity index (χ3v) is 4.56. The minimum atomic E-state index is -0.0284. The first-order chi connectivity index (χ1) is 7.84. The van der Waals surface area contributed by atoms with Gasteiger partial charge in [-0.1, -0.05) is 19.3 Å². The second-order valence-corrected chi connectivity index (χ2v) is 5.89. The van der Waals surface area contributed by atoms with Gasteiger partial charge in [0.15, 0.2) is 0 Å². The van der Waals surface area contributed by atoms with Crippen molar-refractivity contribution in [2.24, 2.45) is 5.92 Å². The Morgan fingerprint density at radius 3 is 2.94 bits per heavy atom. The van der Waals surface area contributed by atoms with E-state index in [0.717, 1.165) is 30.4 Å². The number of nitrogens with one attached hydrogen (secondary N) is 1. The molecule has 1 unspecified atom stereocenters. The summed E-state index contributed by atoms with van der Waals surface area (Å²) in [5.74, 6) is 3.00. The Kier molecular flexibility index (Phi) is 4.97. The lowest BCUT2D eigenvalue weighted by Gasteiger charge is -2.25. The van der Waals surface area contributed by atoms with Crippen molar-refractivity contribution in [3.63, 3.8) is 0 Å². The summed E-state index contributed by atoms with van der Waals surface area (Å²) in [5.41, 5.74) is 0. The van der Waals surface area contributed by atoms with E-state index in [2.05, 4.69) is 5.32 Å². The predicted octanol–water partition coefficient (Wildman–Crippen LogP) is 1.81. The Hall–Kier alpha value is -0.220. The Morgan fingerprint density at radius 1 is 1.44 bits per heavy atom. The van der Waals surface area contributed by atoms with E-state index in [1.165, 1.54) is 19.3 Å². The van der Waals surface area contributed by atoms with Crippen molar-refractivity contribution in [1.82, 2.24) is 5.32 Å². The highest BCUT2D eigenvalue weighted by Gasteiger charge is 2.19. The molecule has 1 aliphatic heterocycles. The topological polar surface area (TPSA) is 38.3 Å². The maximum Gasteiger partial charge on any atom is 0.307 e. The maximum absolute atomic E-state index is 11.5. The van der Waals surface area contributed by atoms with Gasteiger partial charge in [-0.05, 0) is 12.3 Å². The highest BCUT2D eigenvalue weighted by Crippen LogP contribution is 2.29. The number of carbonyl (C=O) groups is 1. The molecule has 2 rings (SSSR count). The summed E-state index contributed by atoms with van der Waals surface area (Å²) in [4.78, 5) is 11.5. The molecule has 3 nitrogen and oxygen atoms in total. The summed E-state index contributed by atoms with van der Waals surface area (Å²) in [6.45, 7) is 1.65. The van der Waals surface area contributed by atoms with Gasteiger partial charge in [0.25, 0.3) is 0 Å². The molecule has 0 spiro atoms. The Labute approximate surface area is 102 Å². The van der Waals surface area contributed by atoms with E-state index in [1.807, 2.05) is 11.8 Å². The van der Waals surface area contributed by atoms with Crippen LogP contribution in [0.2, 0.25) is 0 Å². The van der Waals surface area contributed by atoms with Gasteiger partial charge in [0.05, 0.1) is 13.0 Å². The van der Waals surface area contributed by atoms with Gasteiger partial charge in [0.1, 0.15) is 0 Å². The molecule has 0 aromatic heterocycles. The number of thioether (sulfide) groups is 1. The molecule has 1 atom stereocenters. The average Bonchev–Trinajstić information content (AvgIpc) is 2.23. The van der Waals surface area contributed by atoms with Crippen molar-refractivity contribution < 1.29 is 9.53 Å². The van der Waals surface area contributed by atoms with Crippen LogP contribution in [0.25, 0.3) is 0 Å². The standard InChI is InChI=1S/C12H21NO2S/c14-12(8-11-9-16-7-5-13-11)15-6-4-10-2-1-3-10/h10-11,13H,1-9H2. The molecule has 0 bridgehead atoms. The highest BCUT2D eigenvalue weighted by atomic mass is 32.2. The summed E-state index contributed by atoms with van der Waals surface area (Å²) in [6.07, 6.45) is 5.63. The van der Waals surface area contributed by atoms with E-state index >= 15 is 0 Å². The average molecular weight is 243 g/mol. The van der Waals surface area contributed by atoms with Crippen molar-refractivity contribution in [1.29, 1.82) is 0 Å². The van der Waals surface area contributed by atoms with Gasteiger partial charge in [-0.2, -0.15) is 11.8 Å². The molecule has 0 radical (unpaired) electrons. The number of carbonyl (C=O) groups excluding carboxylic acids is 1. The van der Waals surface area contributed by atoms with E-state index in [9.17, 15) is 4.79 Å². The fourth-order valence-corrected chi connectivity index (χ4v) is 3.08. The molecular weight excluding hydrogens is 222 g/mol. The van der Waals surface area contributed by atoms with Crippen LogP contribution in [0.1, 0.15) is 32.1 Å². The first-order valence-electron chi connectivity index (χ1n) is 6.31. The zero-order valence-corrected chi connectivity index (χ0v) is 10.6. The van der Waals surface area contributed by atoms with Crippen molar-refractivity contribution >= 4 is 17.7 Å². The molecule has 0 amide bonds. The smallest absolute Gasteiger partial charge is 0.307 e. The molecule has 4 heteroatoms. The molecular formula is C12H21NO2S. The van der Waals surface area contributed by atoms with E-state index < -0.39 is 0 Å². The lowest BCUT2D eigenvalue weighted by molar-refractivity contribution is -0.144. The first-order valence-corrected chi connectivity index (χ1v) is 7.47. The molecule has 2 aliphatic rings. The molecule has 1 saturated carbocycles. The van der Waals surface area contributed by atoms with Gasteiger partial charge in [0, 0.05) is 24.1 Å². The van der Waals surface area contributed by atoms with Crippen LogP contribution >= 0.6 is 11.8 Å². The van der Waals surface area contributed by atoms with Crippen molar-refractivity contribution in [3.8, 4) is 0 Å². The van der Waals surface area contributed by atoms with Gasteiger partial charge in [-0.15, -0.1) is 0 Å². The zero-order valence-electron chi connectivity index (χ0n) is 9.74. The molecule has 16 heavy (non-hydrogen) atoms. The summed E-state index contributed by atoms with van der Waals surface area (Å²) in [6, 6.07) is 0.329. The summed E-state index contributed by atoms with van der Waals surface area (Å²) in [5, 5.41) is 3.35. The third-order valence-electron chi connectivity index (χ3n) is 3.43. The third kappa shape index (κ3) is 3.98. The largest absolute Gasteiger partial charge is 0.466 e. The fraction of sp³-hybridized carbons (Fsp3) is 0.917. The van der Waals surface area contributed by atoms with Crippen molar-refractivity contribution in [2.75, 3.05) is 24.7 Å². The van der Waals surface area contributed by atoms with Crippen molar-refractivity contribution in [2.45, 2.75) is 38.1 Å². The molecule has 1 saturated heterocycles. The second kappa shape index (κ2) is 6.50. The molecule has 92 valence electrons. The number of ether oxygens (including phenoxy) is 1. The van der Waals surface area contributed by atoms with Crippen molar-refractivity contribution in [3.05, 3.63) is 0 Å². The predicted molar refractivity (Wildman–Crippen MR) is 66.6 cm³/mol. The second-order valence-electron chi connectivity index (χ2n) is 4.74.